The highest BCUT2D eigenvalue weighted by Gasteiger charge is 2.21. The molecule has 1 aromatic rings. The summed E-state index contributed by atoms with van der Waals surface area (Å²) in [6.07, 6.45) is 0.562. The Morgan fingerprint density at radius 1 is 1.30 bits per heavy atom. The van der Waals surface area contributed by atoms with Gasteiger partial charge < -0.3 is 5.32 Å². The van der Waals surface area contributed by atoms with Gasteiger partial charge in [-0.15, -0.1) is 0 Å². The molecule has 0 aliphatic heterocycles. The second kappa shape index (κ2) is 6.60. The molecule has 108 valence electrons. The molecule has 1 amide bonds. The van der Waals surface area contributed by atoms with Crippen molar-refractivity contribution in [1.82, 2.24) is 5.32 Å². The van der Waals surface area contributed by atoms with Gasteiger partial charge in [0.1, 0.15) is 0 Å². The van der Waals surface area contributed by atoms with Crippen LogP contribution in [-0.4, -0.2) is 21.8 Å². The number of nitro benzene ring substituents is 2. The van der Waals surface area contributed by atoms with Crippen molar-refractivity contribution < 1.29 is 14.6 Å². The van der Waals surface area contributed by atoms with Crippen molar-refractivity contribution in [3.63, 3.8) is 0 Å². The lowest BCUT2D eigenvalue weighted by Crippen LogP contribution is -2.33. The fraction of sp³-hybridized carbons (Fsp3) is 0.417. The van der Waals surface area contributed by atoms with E-state index in [-0.39, 0.29) is 29.6 Å². The summed E-state index contributed by atoms with van der Waals surface area (Å²) in [5.41, 5.74) is -0.636. The van der Waals surface area contributed by atoms with Crippen LogP contribution in [0.3, 0.4) is 0 Å². The van der Waals surface area contributed by atoms with Gasteiger partial charge in [-0.25, -0.2) is 0 Å². The van der Waals surface area contributed by atoms with Crippen LogP contribution in [0.25, 0.3) is 0 Å². The summed E-state index contributed by atoms with van der Waals surface area (Å²) in [6, 6.07) is 3.23. The average molecular weight is 281 g/mol. The number of rotatable bonds is 6. The highest BCUT2D eigenvalue weighted by atomic mass is 16.6. The topological polar surface area (TPSA) is 115 Å². The SMILES string of the molecule is CCC(C)NC(=O)Cc1ccc([N+](=O)[O-])cc1[N+](=O)[O-]. The monoisotopic (exact) mass is 281 g/mol. The number of hydrogen-bond donors (Lipinski definition) is 1. The van der Waals surface area contributed by atoms with E-state index in [0.29, 0.717) is 0 Å². The van der Waals surface area contributed by atoms with Crippen LogP contribution in [0.4, 0.5) is 11.4 Å². The third-order valence-corrected chi connectivity index (χ3v) is 2.85. The Labute approximate surface area is 115 Å². The number of nitrogens with zero attached hydrogens (tertiary/aromatic N) is 2. The summed E-state index contributed by atoms with van der Waals surface area (Å²) in [4.78, 5) is 31.8. The lowest BCUT2D eigenvalue weighted by atomic mass is 10.1. The predicted molar refractivity (Wildman–Crippen MR) is 71.4 cm³/mol. The molecule has 1 atom stereocenters. The molecule has 0 bridgehead atoms. The van der Waals surface area contributed by atoms with Gasteiger partial charge >= 0.3 is 0 Å². The van der Waals surface area contributed by atoms with Crippen LogP contribution in [0.1, 0.15) is 25.8 Å². The molecule has 1 N–H and O–H groups in total. The van der Waals surface area contributed by atoms with Gasteiger partial charge in [0.15, 0.2) is 0 Å². The van der Waals surface area contributed by atoms with E-state index in [1.54, 1.807) is 0 Å². The molecule has 1 unspecified atom stereocenters. The Morgan fingerprint density at radius 2 is 1.95 bits per heavy atom. The molecule has 0 aliphatic carbocycles. The molecule has 0 spiro atoms. The van der Waals surface area contributed by atoms with E-state index in [2.05, 4.69) is 5.32 Å². The molecule has 0 aliphatic rings. The number of amides is 1. The maximum absolute atomic E-state index is 11.7. The van der Waals surface area contributed by atoms with Gasteiger partial charge in [0, 0.05) is 17.7 Å². The molecule has 0 saturated carbocycles. The first-order valence-electron chi connectivity index (χ1n) is 6.06. The molecular weight excluding hydrogens is 266 g/mol. The number of carbonyl (C=O) groups is 1. The number of carbonyl (C=O) groups excluding carboxylic acids is 1. The quantitative estimate of drug-likeness (QED) is 0.632. The zero-order chi connectivity index (χ0) is 15.3. The van der Waals surface area contributed by atoms with Crippen LogP contribution in [0.5, 0.6) is 0 Å². The lowest BCUT2D eigenvalue weighted by Gasteiger charge is -2.11. The number of non-ortho nitro benzene ring substituents is 1. The second-order valence-corrected chi connectivity index (χ2v) is 4.38. The molecule has 0 radical (unpaired) electrons. The standard InChI is InChI=1S/C12H15N3O5/c1-3-8(2)13-12(16)6-9-4-5-10(14(17)18)7-11(9)15(19)20/h4-5,7-8H,3,6H2,1-2H3,(H,13,16). The van der Waals surface area contributed by atoms with Crippen LogP contribution in [0.2, 0.25) is 0 Å². The minimum absolute atomic E-state index is 0.0281. The van der Waals surface area contributed by atoms with Crippen molar-refractivity contribution in [2.24, 2.45) is 0 Å². The molecule has 0 saturated heterocycles. The van der Waals surface area contributed by atoms with Gasteiger partial charge in [-0.3, -0.25) is 25.0 Å². The van der Waals surface area contributed by atoms with E-state index in [1.807, 2.05) is 13.8 Å². The minimum Gasteiger partial charge on any atom is -0.353 e. The van der Waals surface area contributed by atoms with E-state index < -0.39 is 15.5 Å². The molecule has 1 aromatic carbocycles. The first-order valence-corrected chi connectivity index (χ1v) is 6.06. The summed E-state index contributed by atoms with van der Waals surface area (Å²) in [5.74, 6) is -0.351. The van der Waals surface area contributed by atoms with Crippen molar-refractivity contribution in [2.75, 3.05) is 0 Å². The number of nitro groups is 2. The first kappa shape index (κ1) is 15.5. The summed E-state index contributed by atoms with van der Waals surface area (Å²) in [6.45, 7) is 3.72. The van der Waals surface area contributed by atoms with Gasteiger partial charge in [-0.05, 0) is 19.4 Å². The van der Waals surface area contributed by atoms with Crippen LogP contribution < -0.4 is 5.32 Å². The van der Waals surface area contributed by atoms with Crippen molar-refractivity contribution >= 4 is 17.3 Å². The molecule has 1 rings (SSSR count). The number of hydrogen-bond acceptors (Lipinski definition) is 5. The summed E-state index contributed by atoms with van der Waals surface area (Å²) in [5, 5.41) is 24.2. The Balaban J connectivity index is 2.97. The van der Waals surface area contributed by atoms with E-state index >= 15 is 0 Å². The normalized spacial score (nSPS) is 11.7. The van der Waals surface area contributed by atoms with E-state index in [1.165, 1.54) is 6.07 Å². The number of nitrogens with one attached hydrogen (secondary N) is 1. The lowest BCUT2D eigenvalue weighted by molar-refractivity contribution is -0.394. The second-order valence-electron chi connectivity index (χ2n) is 4.38. The van der Waals surface area contributed by atoms with Gasteiger partial charge in [0.25, 0.3) is 11.4 Å². The van der Waals surface area contributed by atoms with E-state index in [9.17, 15) is 25.0 Å². The Morgan fingerprint density at radius 3 is 2.45 bits per heavy atom. The largest absolute Gasteiger partial charge is 0.353 e. The maximum atomic E-state index is 11.7. The van der Waals surface area contributed by atoms with Crippen LogP contribution in [0.15, 0.2) is 18.2 Å². The summed E-state index contributed by atoms with van der Waals surface area (Å²) in [7, 11) is 0. The fourth-order valence-electron chi connectivity index (χ4n) is 1.59. The van der Waals surface area contributed by atoms with Crippen molar-refractivity contribution in [3.05, 3.63) is 44.0 Å². The van der Waals surface area contributed by atoms with Gasteiger partial charge in [-0.1, -0.05) is 6.92 Å². The highest BCUT2D eigenvalue weighted by Crippen LogP contribution is 2.25. The summed E-state index contributed by atoms with van der Waals surface area (Å²) >= 11 is 0. The molecule has 8 nitrogen and oxygen atoms in total. The molecule has 0 heterocycles. The minimum atomic E-state index is -0.723. The van der Waals surface area contributed by atoms with Gasteiger partial charge in [-0.2, -0.15) is 0 Å². The Kier molecular flexibility index (Phi) is 5.13. The molecule has 8 heteroatoms. The molecular formula is C12H15N3O5. The highest BCUT2D eigenvalue weighted by molar-refractivity contribution is 5.80. The molecule has 0 aromatic heterocycles. The van der Waals surface area contributed by atoms with Crippen molar-refractivity contribution in [2.45, 2.75) is 32.7 Å². The molecule has 20 heavy (non-hydrogen) atoms. The van der Waals surface area contributed by atoms with E-state index in [4.69, 9.17) is 0 Å². The zero-order valence-electron chi connectivity index (χ0n) is 11.2. The van der Waals surface area contributed by atoms with Gasteiger partial charge in [0.05, 0.1) is 22.3 Å². The Hall–Kier alpha value is -2.51. The molecule has 0 fully saturated rings. The van der Waals surface area contributed by atoms with Crippen LogP contribution in [0, 0.1) is 20.2 Å². The summed E-state index contributed by atoms with van der Waals surface area (Å²) < 4.78 is 0. The Bertz CT molecular complexity index is 544. The first-order chi connectivity index (χ1) is 9.35. The zero-order valence-corrected chi connectivity index (χ0v) is 11.2. The predicted octanol–water partition coefficient (Wildman–Crippen LogP) is 1.96. The average Bonchev–Trinajstić information content (AvgIpc) is 2.38. The number of benzene rings is 1. The maximum Gasteiger partial charge on any atom is 0.279 e. The van der Waals surface area contributed by atoms with Crippen molar-refractivity contribution in [3.8, 4) is 0 Å². The van der Waals surface area contributed by atoms with Crippen LogP contribution >= 0.6 is 0 Å². The fourth-order valence-corrected chi connectivity index (χ4v) is 1.59. The van der Waals surface area contributed by atoms with E-state index in [0.717, 1.165) is 18.6 Å². The third kappa shape index (κ3) is 4.01. The smallest absolute Gasteiger partial charge is 0.279 e. The van der Waals surface area contributed by atoms with Crippen LogP contribution in [-0.2, 0) is 11.2 Å². The van der Waals surface area contributed by atoms with Crippen molar-refractivity contribution in [1.29, 1.82) is 0 Å². The third-order valence-electron chi connectivity index (χ3n) is 2.85. The van der Waals surface area contributed by atoms with Gasteiger partial charge in [0.2, 0.25) is 5.91 Å².